The molecule has 4 rings (SSSR count). The number of aromatic nitrogens is 2. The van der Waals surface area contributed by atoms with Crippen LogP contribution in [0.1, 0.15) is 41.8 Å². The zero-order valence-corrected chi connectivity index (χ0v) is 16.2. The molecule has 2 N–H and O–H groups in total. The van der Waals surface area contributed by atoms with Crippen LogP contribution in [0.3, 0.4) is 0 Å². The first-order chi connectivity index (χ1) is 12.8. The van der Waals surface area contributed by atoms with E-state index in [9.17, 15) is 9.90 Å². The van der Waals surface area contributed by atoms with E-state index < -0.39 is 5.60 Å². The summed E-state index contributed by atoms with van der Waals surface area (Å²) in [5.74, 6) is 0.376. The molecule has 7 heteroatoms. The first-order valence-corrected chi connectivity index (χ1v) is 9.58. The van der Waals surface area contributed by atoms with E-state index in [0.29, 0.717) is 18.1 Å². The lowest BCUT2D eigenvalue weighted by Gasteiger charge is -2.47. The fraction of sp³-hybridized carbons (Fsp3) is 0.450. The highest BCUT2D eigenvalue weighted by molar-refractivity contribution is 6.30. The Labute approximate surface area is 163 Å². The van der Waals surface area contributed by atoms with Crippen LogP contribution in [-0.2, 0) is 12.8 Å². The highest BCUT2D eigenvalue weighted by Crippen LogP contribution is 2.29. The molecule has 1 unspecified atom stereocenters. The molecule has 2 aromatic rings. The molecule has 1 aromatic carbocycles. The van der Waals surface area contributed by atoms with Crippen LogP contribution in [0.2, 0.25) is 5.02 Å². The number of hydrogen-bond donors (Lipinski definition) is 2. The second-order valence-electron chi connectivity index (χ2n) is 7.91. The number of nitrogens with zero attached hydrogens (tertiary/aromatic N) is 3. The fourth-order valence-electron chi connectivity index (χ4n) is 3.92. The Bertz CT molecular complexity index is 863. The molecule has 1 aromatic heterocycles. The summed E-state index contributed by atoms with van der Waals surface area (Å²) in [6.45, 7) is 4.11. The van der Waals surface area contributed by atoms with Gasteiger partial charge in [-0.2, -0.15) is 0 Å². The molecule has 0 saturated carbocycles. The van der Waals surface area contributed by atoms with E-state index in [1.165, 1.54) is 11.1 Å². The van der Waals surface area contributed by atoms with Crippen molar-refractivity contribution < 1.29 is 9.90 Å². The number of nitrogens with one attached hydrogen (secondary N) is 1. The number of carbonyl (C=O) groups excluding carboxylic acids is 1. The predicted octanol–water partition coefficient (Wildman–Crippen LogP) is 2.69. The van der Waals surface area contributed by atoms with Gasteiger partial charge in [-0.25, -0.2) is 9.97 Å². The minimum atomic E-state index is -0.906. The lowest BCUT2D eigenvalue weighted by Crippen LogP contribution is -2.60. The first-order valence-electron chi connectivity index (χ1n) is 9.20. The number of halogens is 1. The van der Waals surface area contributed by atoms with Gasteiger partial charge in [0, 0.05) is 30.0 Å². The molecular formula is C20H23ClN4O2. The second kappa shape index (κ2) is 6.77. The topological polar surface area (TPSA) is 78.3 Å². The summed E-state index contributed by atoms with van der Waals surface area (Å²) in [4.78, 5) is 22.9. The van der Waals surface area contributed by atoms with Crippen LogP contribution < -0.4 is 5.32 Å². The molecule has 1 saturated heterocycles. The normalized spacial score (nSPS) is 21.6. The van der Waals surface area contributed by atoms with Gasteiger partial charge in [-0.1, -0.05) is 17.7 Å². The molecule has 6 nitrogen and oxygen atoms in total. The Morgan fingerprint density at radius 3 is 2.59 bits per heavy atom. The summed E-state index contributed by atoms with van der Waals surface area (Å²) in [5, 5.41) is 14.2. The first kappa shape index (κ1) is 18.2. The smallest absolute Gasteiger partial charge is 0.257 e. The molecule has 27 heavy (non-hydrogen) atoms. The number of fused-ring (bicyclic) bond motifs is 1. The van der Waals surface area contributed by atoms with Crippen molar-refractivity contribution >= 4 is 23.5 Å². The minimum Gasteiger partial charge on any atom is -0.388 e. The van der Waals surface area contributed by atoms with Gasteiger partial charge in [-0.15, -0.1) is 0 Å². The van der Waals surface area contributed by atoms with Gasteiger partial charge in [0.15, 0.2) is 0 Å². The average molecular weight is 387 g/mol. The van der Waals surface area contributed by atoms with Crippen LogP contribution in [0.4, 0.5) is 5.95 Å². The monoisotopic (exact) mass is 386 g/mol. The molecule has 0 spiro atoms. The zero-order chi connectivity index (χ0) is 19.2. The molecule has 0 bridgehead atoms. The Balaban J connectivity index is 1.39. The predicted molar refractivity (Wildman–Crippen MR) is 104 cm³/mol. The number of carbonyl (C=O) groups is 1. The molecule has 1 amide bonds. The SMILES string of the molecule is CC(C)(O)[C@@H]1CCN1C(=O)c1cnc(NC2Cc3ccc(Cl)cc3C2)nc1. The average Bonchev–Trinajstić information content (AvgIpc) is 2.94. The lowest BCUT2D eigenvalue weighted by molar-refractivity contribution is -0.0550. The number of amides is 1. The van der Waals surface area contributed by atoms with Crippen molar-refractivity contribution in [3.8, 4) is 0 Å². The largest absolute Gasteiger partial charge is 0.388 e. The van der Waals surface area contributed by atoms with Crippen LogP contribution >= 0.6 is 11.6 Å². The van der Waals surface area contributed by atoms with E-state index in [-0.39, 0.29) is 18.0 Å². The number of anilines is 1. The van der Waals surface area contributed by atoms with Gasteiger partial charge < -0.3 is 15.3 Å². The van der Waals surface area contributed by atoms with Crippen LogP contribution in [0, 0.1) is 0 Å². The van der Waals surface area contributed by atoms with Gasteiger partial charge in [0.25, 0.3) is 5.91 Å². The van der Waals surface area contributed by atoms with Gasteiger partial charge in [0.05, 0.1) is 17.2 Å². The van der Waals surface area contributed by atoms with Crippen molar-refractivity contribution in [1.82, 2.24) is 14.9 Å². The minimum absolute atomic E-state index is 0.136. The molecule has 2 aliphatic rings. The van der Waals surface area contributed by atoms with E-state index in [0.717, 1.165) is 24.3 Å². The van der Waals surface area contributed by atoms with Crippen molar-refractivity contribution in [3.63, 3.8) is 0 Å². The Morgan fingerprint density at radius 2 is 1.96 bits per heavy atom. The van der Waals surface area contributed by atoms with Crippen molar-refractivity contribution in [1.29, 1.82) is 0 Å². The van der Waals surface area contributed by atoms with Crippen molar-refractivity contribution in [2.24, 2.45) is 0 Å². The standard InChI is InChI=1S/C20H23ClN4O2/c1-20(2,27)17-5-6-25(17)18(26)14-10-22-19(23-11-14)24-16-8-12-3-4-15(21)7-13(12)9-16/h3-4,7,10-11,16-17,27H,5-6,8-9H2,1-2H3,(H,22,23,24)/t16?,17-/m0/s1. The molecular weight excluding hydrogens is 364 g/mol. The van der Waals surface area contributed by atoms with Gasteiger partial charge in [0.1, 0.15) is 0 Å². The Kier molecular flexibility index (Phi) is 4.56. The zero-order valence-electron chi connectivity index (χ0n) is 15.4. The maximum atomic E-state index is 12.6. The van der Waals surface area contributed by atoms with E-state index in [1.54, 1.807) is 31.1 Å². The van der Waals surface area contributed by atoms with Gasteiger partial charge in [-0.05, 0) is 56.4 Å². The van der Waals surface area contributed by atoms with Crippen LogP contribution in [0.25, 0.3) is 0 Å². The van der Waals surface area contributed by atoms with Crippen molar-refractivity contribution in [2.75, 3.05) is 11.9 Å². The molecule has 0 radical (unpaired) electrons. The number of benzene rings is 1. The second-order valence-corrected chi connectivity index (χ2v) is 8.35. The third kappa shape index (κ3) is 3.64. The van der Waals surface area contributed by atoms with E-state index >= 15 is 0 Å². The molecule has 2 heterocycles. The van der Waals surface area contributed by atoms with E-state index in [1.807, 2.05) is 12.1 Å². The van der Waals surface area contributed by atoms with Crippen LogP contribution in [-0.4, -0.2) is 50.1 Å². The summed E-state index contributed by atoms with van der Waals surface area (Å²) in [7, 11) is 0. The summed E-state index contributed by atoms with van der Waals surface area (Å²) in [5.41, 5.74) is 2.08. The third-order valence-electron chi connectivity index (χ3n) is 5.43. The van der Waals surface area contributed by atoms with E-state index in [4.69, 9.17) is 11.6 Å². The maximum Gasteiger partial charge on any atom is 0.257 e. The van der Waals surface area contributed by atoms with Gasteiger partial charge in [-0.3, -0.25) is 4.79 Å². The number of rotatable bonds is 4. The molecule has 1 aliphatic carbocycles. The summed E-state index contributed by atoms with van der Waals surface area (Å²) < 4.78 is 0. The van der Waals surface area contributed by atoms with Crippen molar-refractivity contribution in [2.45, 2.75) is 50.8 Å². The van der Waals surface area contributed by atoms with Crippen molar-refractivity contribution in [3.05, 3.63) is 52.3 Å². The third-order valence-corrected chi connectivity index (χ3v) is 5.66. The fourth-order valence-corrected chi connectivity index (χ4v) is 4.11. The Morgan fingerprint density at radius 1 is 1.26 bits per heavy atom. The molecule has 1 aliphatic heterocycles. The molecule has 2 atom stereocenters. The number of aliphatic hydroxyl groups is 1. The quantitative estimate of drug-likeness (QED) is 0.844. The number of likely N-dealkylation sites (tertiary alicyclic amines) is 1. The molecule has 142 valence electrons. The summed E-state index contributed by atoms with van der Waals surface area (Å²) in [6, 6.07) is 6.04. The highest BCUT2D eigenvalue weighted by Gasteiger charge is 2.42. The Hall–Kier alpha value is -2.18. The van der Waals surface area contributed by atoms with Gasteiger partial charge >= 0.3 is 0 Å². The number of hydrogen-bond acceptors (Lipinski definition) is 5. The van der Waals surface area contributed by atoms with E-state index in [2.05, 4.69) is 21.4 Å². The maximum absolute atomic E-state index is 12.6. The summed E-state index contributed by atoms with van der Waals surface area (Å²) in [6.07, 6.45) is 5.69. The molecule has 1 fully saturated rings. The lowest BCUT2D eigenvalue weighted by atomic mass is 9.87. The highest BCUT2D eigenvalue weighted by atomic mass is 35.5. The van der Waals surface area contributed by atoms with Gasteiger partial charge in [0.2, 0.25) is 5.95 Å². The van der Waals surface area contributed by atoms with Crippen LogP contribution in [0.5, 0.6) is 0 Å². The summed E-state index contributed by atoms with van der Waals surface area (Å²) >= 11 is 6.06. The van der Waals surface area contributed by atoms with Crippen LogP contribution in [0.15, 0.2) is 30.6 Å².